The topological polar surface area (TPSA) is 58.6 Å². The lowest BCUT2D eigenvalue weighted by Crippen LogP contribution is -2.35. The van der Waals surface area contributed by atoms with Crippen LogP contribution in [0.25, 0.3) is 0 Å². The van der Waals surface area contributed by atoms with E-state index in [9.17, 15) is 8.42 Å². The van der Waals surface area contributed by atoms with Gasteiger partial charge in [0, 0.05) is 12.6 Å². The van der Waals surface area contributed by atoms with Crippen molar-refractivity contribution in [1.82, 2.24) is 9.62 Å². The lowest BCUT2D eigenvalue weighted by atomic mass is 10.1. The molecule has 0 saturated heterocycles. The Hall–Kier alpha value is -1.11. The van der Waals surface area contributed by atoms with E-state index in [0.29, 0.717) is 13.0 Å². The number of nitrogens with one attached hydrogen (secondary N) is 1. The van der Waals surface area contributed by atoms with Gasteiger partial charge in [-0.25, -0.2) is 13.1 Å². The Balaban J connectivity index is 2.78. The Morgan fingerprint density at radius 2 is 1.85 bits per heavy atom. The van der Waals surface area contributed by atoms with Gasteiger partial charge in [0.2, 0.25) is 10.0 Å². The minimum Gasteiger partial charge on any atom is -0.497 e. The van der Waals surface area contributed by atoms with E-state index in [-0.39, 0.29) is 11.8 Å². The van der Waals surface area contributed by atoms with Crippen LogP contribution in [-0.4, -0.2) is 46.8 Å². The van der Waals surface area contributed by atoms with Crippen LogP contribution >= 0.6 is 0 Å². The molecule has 1 N–H and O–H groups in total. The average Bonchev–Trinajstić information content (AvgIpc) is 2.39. The molecular formula is C14H24N2O3S. The number of methoxy groups -OCH3 is 1. The number of nitrogens with zero attached hydrogens (tertiary/aromatic N) is 1. The molecule has 0 fully saturated rings. The molecule has 0 aliphatic carbocycles. The number of hydrogen-bond acceptors (Lipinski definition) is 4. The Bertz CT molecular complexity index is 498. The van der Waals surface area contributed by atoms with E-state index in [4.69, 9.17) is 4.74 Å². The molecule has 1 aromatic carbocycles. The summed E-state index contributed by atoms with van der Waals surface area (Å²) in [5, 5.41) is 0. The zero-order chi connectivity index (χ0) is 15.2. The first-order chi connectivity index (χ1) is 9.39. The van der Waals surface area contributed by atoms with Crippen LogP contribution in [-0.2, 0) is 10.0 Å². The highest BCUT2D eigenvalue weighted by molar-refractivity contribution is 7.89. The SMILES string of the molecule is CCCS(=O)(=O)NCC(c1ccc(OC)cc1)N(C)C. The Kier molecular flexibility index (Phi) is 6.45. The van der Waals surface area contributed by atoms with Gasteiger partial charge in [0.1, 0.15) is 5.75 Å². The molecule has 0 amide bonds. The van der Waals surface area contributed by atoms with E-state index in [0.717, 1.165) is 11.3 Å². The van der Waals surface area contributed by atoms with Gasteiger partial charge < -0.3 is 9.64 Å². The van der Waals surface area contributed by atoms with Crippen LogP contribution in [0.5, 0.6) is 5.75 Å². The minimum absolute atomic E-state index is 0.00691. The molecule has 0 aliphatic rings. The highest BCUT2D eigenvalue weighted by Crippen LogP contribution is 2.20. The van der Waals surface area contributed by atoms with Gasteiger partial charge in [-0.2, -0.15) is 0 Å². The summed E-state index contributed by atoms with van der Waals surface area (Å²) < 4.78 is 31.3. The molecule has 5 nitrogen and oxygen atoms in total. The third-order valence-electron chi connectivity index (χ3n) is 3.09. The van der Waals surface area contributed by atoms with Crippen molar-refractivity contribution < 1.29 is 13.2 Å². The Morgan fingerprint density at radius 1 is 1.25 bits per heavy atom. The average molecular weight is 300 g/mol. The molecule has 114 valence electrons. The first-order valence-electron chi connectivity index (χ1n) is 6.67. The van der Waals surface area contributed by atoms with E-state index >= 15 is 0 Å². The molecule has 0 radical (unpaired) electrons. The standard InChI is InChI=1S/C14H24N2O3S/c1-5-10-20(17,18)15-11-14(16(2)3)12-6-8-13(19-4)9-7-12/h6-9,14-15H,5,10-11H2,1-4H3. The first kappa shape index (κ1) is 16.9. The number of hydrogen-bond donors (Lipinski definition) is 1. The van der Waals surface area contributed by atoms with Crippen LogP contribution in [0, 0.1) is 0 Å². The normalized spacial score (nSPS) is 13.4. The summed E-state index contributed by atoms with van der Waals surface area (Å²) in [5.74, 6) is 0.952. The van der Waals surface area contributed by atoms with Gasteiger partial charge in [-0.05, 0) is 38.2 Å². The van der Waals surface area contributed by atoms with Gasteiger partial charge >= 0.3 is 0 Å². The lowest BCUT2D eigenvalue weighted by molar-refractivity contribution is 0.299. The molecule has 0 aliphatic heterocycles. The van der Waals surface area contributed by atoms with Gasteiger partial charge in [0.05, 0.1) is 12.9 Å². The lowest BCUT2D eigenvalue weighted by Gasteiger charge is -2.25. The zero-order valence-corrected chi connectivity index (χ0v) is 13.4. The fourth-order valence-electron chi connectivity index (χ4n) is 1.97. The van der Waals surface area contributed by atoms with Crippen LogP contribution < -0.4 is 9.46 Å². The fourth-order valence-corrected chi connectivity index (χ4v) is 3.07. The van der Waals surface area contributed by atoms with Gasteiger partial charge in [0.15, 0.2) is 0 Å². The summed E-state index contributed by atoms with van der Waals surface area (Å²) in [5.41, 5.74) is 1.05. The van der Waals surface area contributed by atoms with E-state index in [1.54, 1.807) is 7.11 Å². The molecule has 1 unspecified atom stereocenters. The molecule has 0 spiro atoms. The molecule has 0 saturated carbocycles. The number of ether oxygens (including phenoxy) is 1. The smallest absolute Gasteiger partial charge is 0.211 e. The highest BCUT2D eigenvalue weighted by Gasteiger charge is 2.17. The van der Waals surface area contributed by atoms with Crippen molar-refractivity contribution in [3.8, 4) is 5.75 Å². The highest BCUT2D eigenvalue weighted by atomic mass is 32.2. The Morgan fingerprint density at radius 3 is 2.30 bits per heavy atom. The molecule has 1 aromatic rings. The van der Waals surface area contributed by atoms with Crippen LogP contribution in [0.4, 0.5) is 0 Å². The van der Waals surface area contributed by atoms with Crippen molar-refractivity contribution in [2.45, 2.75) is 19.4 Å². The second-order valence-electron chi connectivity index (χ2n) is 4.92. The summed E-state index contributed by atoms with van der Waals surface area (Å²) in [6.45, 7) is 2.22. The molecule has 1 atom stereocenters. The summed E-state index contributed by atoms with van der Waals surface area (Å²) in [7, 11) is 2.31. The third-order valence-corrected chi connectivity index (χ3v) is 4.65. The third kappa shape index (κ3) is 5.11. The minimum atomic E-state index is -3.18. The monoisotopic (exact) mass is 300 g/mol. The maximum absolute atomic E-state index is 11.7. The van der Waals surface area contributed by atoms with E-state index in [1.165, 1.54) is 0 Å². The van der Waals surface area contributed by atoms with Crippen LogP contribution in [0.2, 0.25) is 0 Å². The maximum Gasteiger partial charge on any atom is 0.211 e. The number of sulfonamides is 1. The summed E-state index contributed by atoms with van der Waals surface area (Å²) in [4.78, 5) is 2.00. The first-order valence-corrected chi connectivity index (χ1v) is 8.32. The number of likely N-dealkylation sites (N-methyl/N-ethyl adjacent to an activating group) is 1. The van der Waals surface area contributed by atoms with Crippen LogP contribution in [0.15, 0.2) is 24.3 Å². The van der Waals surface area contributed by atoms with E-state index in [1.807, 2.05) is 50.2 Å². The predicted octanol–water partition coefficient (Wildman–Crippen LogP) is 1.63. The van der Waals surface area contributed by atoms with Crippen LogP contribution in [0.3, 0.4) is 0 Å². The van der Waals surface area contributed by atoms with Crippen LogP contribution in [0.1, 0.15) is 24.9 Å². The number of rotatable bonds is 8. The zero-order valence-electron chi connectivity index (χ0n) is 12.6. The van der Waals surface area contributed by atoms with E-state index < -0.39 is 10.0 Å². The Labute approximate surface area is 122 Å². The predicted molar refractivity (Wildman–Crippen MR) is 81.5 cm³/mol. The maximum atomic E-state index is 11.7. The molecular weight excluding hydrogens is 276 g/mol. The van der Waals surface area contributed by atoms with Crippen molar-refractivity contribution in [3.63, 3.8) is 0 Å². The second-order valence-corrected chi connectivity index (χ2v) is 6.85. The molecule has 20 heavy (non-hydrogen) atoms. The van der Waals surface area contributed by atoms with Gasteiger partial charge in [-0.15, -0.1) is 0 Å². The van der Waals surface area contributed by atoms with Crippen molar-refractivity contribution in [2.75, 3.05) is 33.5 Å². The van der Waals surface area contributed by atoms with Crippen molar-refractivity contribution in [2.24, 2.45) is 0 Å². The largest absolute Gasteiger partial charge is 0.497 e. The second kappa shape index (κ2) is 7.61. The molecule has 0 heterocycles. The quantitative estimate of drug-likeness (QED) is 0.793. The van der Waals surface area contributed by atoms with Crippen molar-refractivity contribution >= 4 is 10.0 Å². The summed E-state index contributed by atoms with van der Waals surface area (Å²) in [6, 6.07) is 7.67. The van der Waals surface area contributed by atoms with Gasteiger partial charge in [0.25, 0.3) is 0 Å². The molecule has 6 heteroatoms. The fraction of sp³-hybridized carbons (Fsp3) is 0.571. The number of benzene rings is 1. The van der Waals surface area contributed by atoms with Crippen molar-refractivity contribution in [1.29, 1.82) is 0 Å². The van der Waals surface area contributed by atoms with Gasteiger partial charge in [-0.3, -0.25) is 0 Å². The van der Waals surface area contributed by atoms with Gasteiger partial charge in [-0.1, -0.05) is 19.1 Å². The molecule has 1 rings (SSSR count). The van der Waals surface area contributed by atoms with Crippen molar-refractivity contribution in [3.05, 3.63) is 29.8 Å². The molecule has 0 aromatic heterocycles. The molecule has 0 bridgehead atoms. The summed E-state index contributed by atoms with van der Waals surface area (Å²) in [6.07, 6.45) is 0.616. The van der Waals surface area contributed by atoms with E-state index in [2.05, 4.69) is 4.72 Å². The summed E-state index contributed by atoms with van der Waals surface area (Å²) >= 11 is 0.